The highest BCUT2D eigenvalue weighted by atomic mass is 35.5. The van der Waals surface area contributed by atoms with Crippen molar-refractivity contribution in [2.75, 3.05) is 6.61 Å². The molecule has 1 aromatic rings. The Kier molecular flexibility index (Phi) is 4.37. The first kappa shape index (κ1) is 12.8. The van der Waals surface area contributed by atoms with E-state index in [-0.39, 0.29) is 23.0 Å². The molecule has 1 heterocycles. The highest BCUT2D eigenvalue weighted by Crippen LogP contribution is 2.20. The zero-order chi connectivity index (χ0) is 12.3. The molecule has 1 aliphatic heterocycles. The minimum Gasteiger partial charge on any atom is -0.377 e. The molecular weight excluding hydrogens is 241 g/mol. The summed E-state index contributed by atoms with van der Waals surface area (Å²) in [5.74, 6) is -0.365. The van der Waals surface area contributed by atoms with E-state index in [9.17, 15) is 4.39 Å². The van der Waals surface area contributed by atoms with Gasteiger partial charge in [0.1, 0.15) is 5.82 Å². The molecule has 0 bridgehead atoms. The van der Waals surface area contributed by atoms with Crippen molar-refractivity contribution in [1.82, 2.24) is 5.32 Å². The average Bonchev–Trinajstić information content (AvgIpc) is 2.84. The Morgan fingerprint density at radius 3 is 3.12 bits per heavy atom. The van der Waals surface area contributed by atoms with Crippen LogP contribution < -0.4 is 5.32 Å². The lowest BCUT2D eigenvalue weighted by atomic mass is 10.1. The molecule has 0 radical (unpaired) electrons. The third-order valence-corrected chi connectivity index (χ3v) is 3.59. The van der Waals surface area contributed by atoms with Gasteiger partial charge in [-0.25, -0.2) is 4.39 Å². The molecule has 94 valence electrons. The van der Waals surface area contributed by atoms with E-state index in [0.717, 1.165) is 25.0 Å². The Balaban J connectivity index is 1.90. The number of nitrogens with one attached hydrogen (secondary N) is 1. The second-order valence-electron chi connectivity index (χ2n) is 4.43. The molecule has 1 N–H and O–H groups in total. The molecule has 2 unspecified atom stereocenters. The molecule has 2 nitrogen and oxygen atoms in total. The largest absolute Gasteiger partial charge is 0.377 e. The van der Waals surface area contributed by atoms with Gasteiger partial charge in [0, 0.05) is 19.2 Å². The van der Waals surface area contributed by atoms with Crippen molar-refractivity contribution in [3.05, 3.63) is 34.6 Å². The van der Waals surface area contributed by atoms with Crippen LogP contribution in [0.15, 0.2) is 18.2 Å². The van der Waals surface area contributed by atoms with Gasteiger partial charge in [-0.2, -0.15) is 0 Å². The van der Waals surface area contributed by atoms with Gasteiger partial charge in [-0.15, -0.1) is 0 Å². The summed E-state index contributed by atoms with van der Waals surface area (Å²) in [7, 11) is 0. The Hall–Kier alpha value is -0.640. The highest BCUT2D eigenvalue weighted by molar-refractivity contribution is 6.31. The highest BCUT2D eigenvalue weighted by Gasteiger charge is 2.21. The third kappa shape index (κ3) is 3.18. The van der Waals surface area contributed by atoms with Crippen molar-refractivity contribution in [3.8, 4) is 0 Å². The van der Waals surface area contributed by atoms with Crippen molar-refractivity contribution in [1.29, 1.82) is 0 Å². The summed E-state index contributed by atoms with van der Waals surface area (Å²) in [4.78, 5) is 0. The molecule has 0 aromatic heterocycles. The van der Waals surface area contributed by atoms with Crippen LogP contribution in [0.25, 0.3) is 0 Å². The molecule has 1 fully saturated rings. The summed E-state index contributed by atoms with van der Waals surface area (Å²) < 4.78 is 18.8. The van der Waals surface area contributed by atoms with Crippen molar-refractivity contribution >= 4 is 11.6 Å². The molecule has 0 aliphatic carbocycles. The minimum absolute atomic E-state index is 0.208. The SMILES string of the molecule is CC(NCc1cccc(F)c1Cl)C1CCCO1. The molecule has 1 aliphatic rings. The average molecular weight is 258 g/mol. The lowest BCUT2D eigenvalue weighted by Gasteiger charge is -2.20. The normalized spacial score (nSPS) is 21.7. The zero-order valence-electron chi connectivity index (χ0n) is 9.88. The number of rotatable bonds is 4. The topological polar surface area (TPSA) is 21.3 Å². The second-order valence-corrected chi connectivity index (χ2v) is 4.81. The monoisotopic (exact) mass is 257 g/mol. The lowest BCUT2D eigenvalue weighted by molar-refractivity contribution is 0.0832. The van der Waals surface area contributed by atoms with Crippen LogP contribution in [0, 0.1) is 5.82 Å². The van der Waals surface area contributed by atoms with Gasteiger partial charge >= 0.3 is 0 Å². The maximum Gasteiger partial charge on any atom is 0.142 e. The quantitative estimate of drug-likeness (QED) is 0.895. The molecule has 17 heavy (non-hydrogen) atoms. The first-order chi connectivity index (χ1) is 8.18. The standard InChI is InChI=1S/C13H17ClFNO/c1-9(12-6-3-7-17-12)16-8-10-4-2-5-11(15)13(10)14/h2,4-5,9,12,16H,3,6-8H2,1H3. The van der Waals surface area contributed by atoms with E-state index < -0.39 is 0 Å². The third-order valence-electron chi connectivity index (χ3n) is 3.17. The molecule has 0 spiro atoms. The number of ether oxygens (including phenoxy) is 1. The van der Waals surface area contributed by atoms with Crippen LogP contribution in [0.5, 0.6) is 0 Å². The van der Waals surface area contributed by atoms with Crippen molar-refractivity contribution in [2.45, 2.75) is 38.5 Å². The van der Waals surface area contributed by atoms with Gasteiger partial charge in [-0.1, -0.05) is 23.7 Å². The molecule has 4 heteroatoms. The fourth-order valence-electron chi connectivity index (χ4n) is 2.08. The molecule has 0 amide bonds. The van der Waals surface area contributed by atoms with Crippen LogP contribution in [0.4, 0.5) is 4.39 Å². The van der Waals surface area contributed by atoms with E-state index in [2.05, 4.69) is 12.2 Å². The van der Waals surface area contributed by atoms with Gasteiger partial charge in [0.05, 0.1) is 11.1 Å². The van der Waals surface area contributed by atoms with Crippen molar-refractivity contribution in [2.24, 2.45) is 0 Å². The van der Waals surface area contributed by atoms with E-state index >= 15 is 0 Å². The van der Waals surface area contributed by atoms with Gasteiger partial charge in [0.25, 0.3) is 0 Å². The van der Waals surface area contributed by atoms with Crippen LogP contribution in [0.3, 0.4) is 0 Å². The van der Waals surface area contributed by atoms with Gasteiger partial charge in [-0.05, 0) is 31.4 Å². The molecular formula is C13H17ClFNO. The van der Waals surface area contributed by atoms with Crippen molar-refractivity contribution in [3.63, 3.8) is 0 Å². The molecule has 2 atom stereocenters. The fraction of sp³-hybridized carbons (Fsp3) is 0.538. The Bertz CT molecular complexity index is 380. The number of hydrogen-bond acceptors (Lipinski definition) is 2. The van der Waals surface area contributed by atoms with Crippen LogP contribution in [-0.4, -0.2) is 18.8 Å². The van der Waals surface area contributed by atoms with E-state index in [1.165, 1.54) is 6.07 Å². The Morgan fingerprint density at radius 2 is 2.41 bits per heavy atom. The fourth-order valence-corrected chi connectivity index (χ4v) is 2.28. The summed E-state index contributed by atoms with van der Waals surface area (Å²) in [6, 6.07) is 5.14. The van der Waals surface area contributed by atoms with Crippen LogP contribution in [0.2, 0.25) is 5.02 Å². The number of hydrogen-bond donors (Lipinski definition) is 1. The summed E-state index contributed by atoms with van der Waals surface area (Å²) in [6.45, 7) is 3.50. The molecule has 0 saturated carbocycles. The molecule has 2 rings (SSSR count). The molecule has 1 aromatic carbocycles. The van der Waals surface area contributed by atoms with Gasteiger partial charge < -0.3 is 10.1 Å². The first-order valence-electron chi connectivity index (χ1n) is 5.96. The summed E-state index contributed by atoms with van der Waals surface area (Å²) in [5, 5.41) is 3.54. The summed E-state index contributed by atoms with van der Waals surface area (Å²) in [6.07, 6.45) is 2.48. The predicted molar refractivity (Wildman–Crippen MR) is 66.7 cm³/mol. The van der Waals surface area contributed by atoms with Crippen LogP contribution in [0.1, 0.15) is 25.3 Å². The van der Waals surface area contributed by atoms with Gasteiger partial charge in [0.15, 0.2) is 0 Å². The van der Waals surface area contributed by atoms with Crippen LogP contribution >= 0.6 is 11.6 Å². The predicted octanol–water partition coefficient (Wildman–Crippen LogP) is 3.14. The smallest absolute Gasteiger partial charge is 0.142 e. The lowest BCUT2D eigenvalue weighted by Crippen LogP contribution is -2.36. The summed E-state index contributed by atoms with van der Waals surface area (Å²) >= 11 is 5.89. The maximum atomic E-state index is 13.2. The van der Waals surface area contributed by atoms with E-state index in [0.29, 0.717) is 6.54 Å². The Morgan fingerprint density at radius 1 is 1.59 bits per heavy atom. The van der Waals surface area contributed by atoms with Crippen molar-refractivity contribution < 1.29 is 9.13 Å². The zero-order valence-corrected chi connectivity index (χ0v) is 10.6. The Labute approximate surface area is 106 Å². The summed E-state index contributed by atoms with van der Waals surface area (Å²) in [5.41, 5.74) is 0.788. The second kappa shape index (κ2) is 5.80. The van der Waals surface area contributed by atoms with Gasteiger partial charge in [-0.3, -0.25) is 0 Å². The van der Waals surface area contributed by atoms with E-state index in [4.69, 9.17) is 16.3 Å². The number of benzene rings is 1. The van der Waals surface area contributed by atoms with E-state index in [1.807, 2.05) is 6.07 Å². The van der Waals surface area contributed by atoms with Gasteiger partial charge in [0.2, 0.25) is 0 Å². The minimum atomic E-state index is -0.365. The maximum absolute atomic E-state index is 13.2. The number of halogens is 2. The molecule has 1 saturated heterocycles. The van der Waals surface area contributed by atoms with Crippen LogP contribution in [-0.2, 0) is 11.3 Å². The van der Waals surface area contributed by atoms with E-state index in [1.54, 1.807) is 6.07 Å². The first-order valence-corrected chi connectivity index (χ1v) is 6.34.